The van der Waals surface area contributed by atoms with Crippen molar-refractivity contribution in [3.05, 3.63) is 65.4 Å². The minimum atomic E-state index is -0.204. The number of hydrogen-bond acceptors (Lipinski definition) is 3. The van der Waals surface area contributed by atoms with E-state index in [2.05, 4.69) is 19.2 Å². The summed E-state index contributed by atoms with van der Waals surface area (Å²) in [5.41, 5.74) is 2.14. The molecule has 0 saturated heterocycles. The maximum Gasteiger partial charge on any atom is 0.293 e. The Labute approximate surface area is 159 Å². The lowest BCUT2D eigenvalue weighted by Crippen LogP contribution is -2.33. The molecular formula is C22H24N2O3. The third kappa shape index (κ3) is 4.37. The van der Waals surface area contributed by atoms with Crippen molar-refractivity contribution in [2.45, 2.75) is 20.3 Å². The minimum Gasteiger partial charge on any atom is -0.449 e. The molecule has 5 heteroatoms. The molecule has 1 aliphatic heterocycles. The van der Waals surface area contributed by atoms with E-state index >= 15 is 0 Å². The van der Waals surface area contributed by atoms with Crippen molar-refractivity contribution in [2.75, 3.05) is 18.5 Å². The first-order valence-corrected chi connectivity index (χ1v) is 9.10. The summed E-state index contributed by atoms with van der Waals surface area (Å²) in [7, 11) is 1.72. The standard InChI is InChI=1S/C22H24N2O3/c1-15(2)12-13-23-21(25)17-10-8-16(9-11-17)14-20-22(26)24(3)18-6-4-5-7-19(18)27-20/h4-11,14-15H,12-13H2,1-3H3,(H,23,25). The highest BCUT2D eigenvalue weighted by Gasteiger charge is 2.27. The van der Waals surface area contributed by atoms with Crippen LogP contribution in [0.4, 0.5) is 5.69 Å². The molecule has 5 nitrogen and oxygen atoms in total. The number of nitrogens with zero attached hydrogens (tertiary/aromatic N) is 1. The molecule has 0 unspecified atom stereocenters. The van der Waals surface area contributed by atoms with Crippen molar-refractivity contribution in [2.24, 2.45) is 5.92 Å². The lowest BCUT2D eigenvalue weighted by molar-refractivity contribution is -0.117. The van der Waals surface area contributed by atoms with Crippen LogP contribution >= 0.6 is 0 Å². The van der Waals surface area contributed by atoms with Crippen LogP contribution in [-0.2, 0) is 4.79 Å². The lowest BCUT2D eigenvalue weighted by Gasteiger charge is -2.27. The van der Waals surface area contributed by atoms with E-state index in [0.29, 0.717) is 23.8 Å². The van der Waals surface area contributed by atoms with Gasteiger partial charge < -0.3 is 15.0 Å². The van der Waals surface area contributed by atoms with Crippen molar-refractivity contribution in [1.82, 2.24) is 5.32 Å². The Morgan fingerprint density at radius 2 is 1.85 bits per heavy atom. The zero-order chi connectivity index (χ0) is 19.4. The van der Waals surface area contributed by atoms with Gasteiger partial charge in [0.1, 0.15) is 0 Å². The van der Waals surface area contributed by atoms with Crippen LogP contribution in [-0.4, -0.2) is 25.4 Å². The van der Waals surface area contributed by atoms with Gasteiger partial charge in [-0.3, -0.25) is 9.59 Å². The molecule has 0 bridgehead atoms. The SMILES string of the molecule is CC(C)CCNC(=O)c1ccc(C=C2Oc3ccccc3N(C)C2=O)cc1. The summed E-state index contributed by atoms with van der Waals surface area (Å²) in [6.07, 6.45) is 2.64. The van der Waals surface area contributed by atoms with Crippen LogP contribution < -0.4 is 15.0 Å². The maximum absolute atomic E-state index is 12.5. The zero-order valence-corrected chi connectivity index (χ0v) is 15.9. The Bertz CT molecular complexity index is 869. The van der Waals surface area contributed by atoms with E-state index in [1.807, 2.05) is 36.4 Å². The summed E-state index contributed by atoms with van der Waals surface area (Å²) in [6.45, 7) is 4.91. The van der Waals surface area contributed by atoms with Gasteiger partial charge in [0.05, 0.1) is 5.69 Å². The predicted octanol–water partition coefficient (Wildman–Crippen LogP) is 3.86. The van der Waals surface area contributed by atoms with E-state index in [1.165, 1.54) is 0 Å². The third-order valence-corrected chi connectivity index (χ3v) is 4.44. The van der Waals surface area contributed by atoms with Gasteiger partial charge in [-0.05, 0) is 48.2 Å². The van der Waals surface area contributed by atoms with Crippen molar-refractivity contribution in [3.63, 3.8) is 0 Å². The molecule has 3 rings (SSSR count). The summed E-state index contributed by atoms with van der Waals surface area (Å²) < 4.78 is 5.76. The average Bonchev–Trinajstić information content (AvgIpc) is 2.66. The Hall–Kier alpha value is -3.08. The first-order valence-electron chi connectivity index (χ1n) is 9.10. The number of para-hydroxylation sites is 2. The number of hydrogen-bond donors (Lipinski definition) is 1. The van der Waals surface area contributed by atoms with E-state index in [0.717, 1.165) is 17.7 Å². The van der Waals surface area contributed by atoms with Crippen LogP contribution in [0.15, 0.2) is 54.3 Å². The Kier molecular flexibility index (Phi) is 5.60. The van der Waals surface area contributed by atoms with Gasteiger partial charge in [-0.15, -0.1) is 0 Å². The van der Waals surface area contributed by atoms with Crippen LogP contribution in [0.3, 0.4) is 0 Å². The second-order valence-corrected chi connectivity index (χ2v) is 7.00. The molecule has 2 amide bonds. The number of rotatable bonds is 5. The van der Waals surface area contributed by atoms with Gasteiger partial charge in [-0.2, -0.15) is 0 Å². The highest BCUT2D eigenvalue weighted by Crippen LogP contribution is 2.34. The number of amides is 2. The normalized spacial score (nSPS) is 14.9. The molecule has 0 atom stereocenters. The van der Waals surface area contributed by atoms with Gasteiger partial charge in [0, 0.05) is 19.2 Å². The lowest BCUT2D eigenvalue weighted by atomic mass is 10.1. The summed E-state index contributed by atoms with van der Waals surface area (Å²) in [4.78, 5) is 26.2. The minimum absolute atomic E-state index is 0.0893. The van der Waals surface area contributed by atoms with Gasteiger partial charge in [-0.25, -0.2) is 0 Å². The van der Waals surface area contributed by atoms with Gasteiger partial charge in [0.15, 0.2) is 11.5 Å². The fourth-order valence-electron chi connectivity index (χ4n) is 2.81. The smallest absolute Gasteiger partial charge is 0.293 e. The molecule has 27 heavy (non-hydrogen) atoms. The number of carbonyl (C=O) groups excluding carboxylic acids is 2. The van der Waals surface area contributed by atoms with Gasteiger partial charge >= 0.3 is 0 Å². The van der Waals surface area contributed by atoms with Crippen LogP contribution in [0.25, 0.3) is 6.08 Å². The molecule has 0 aromatic heterocycles. The first kappa shape index (κ1) is 18.7. The summed E-state index contributed by atoms with van der Waals surface area (Å²) >= 11 is 0. The third-order valence-electron chi connectivity index (χ3n) is 4.44. The molecule has 2 aromatic rings. The monoisotopic (exact) mass is 364 g/mol. The Morgan fingerprint density at radius 3 is 2.56 bits per heavy atom. The number of benzene rings is 2. The van der Waals surface area contributed by atoms with Gasteiger partial charge in [0.2, 0.25) is 0 Å². The molecule has 140 valence electrons. The maximum atomic E-state index is 12.5. The number of fused-ring (bicyclic) bond motifs is 1. The van der Waals surface area contributed by atoms with Crippen LogP contribution in [0.1, 0.15) is 36.2 Å². The molecule has 0 saturated carbocycles. The van der Waals surface area contributed by atoms with Crippen molar-refractivity contribution in [1.29, 1.82) is 0 Å². The van der Waals surface area contributed by atoms with Crippen LogP contribution in [0.5, 0.6) is 5.75 Å². The molecule has 1 N–H and O–H groups in total. The highest BCUT2D eigenvalue weighted by atomic mass is 16.5. The molecule has 2 aromatic carbocycles. The molecule has 1 heterocycles. The van der Waals surface area contributed by atoms with Gasteiger partial charge in [-0.1, -0.05) is 38.1 Å². The number of carbonyl (C=O) groups is 2. The largest absolute Gasteiger partial charge is 0.449 e. The second-order valence-electron chi connectivity index (χ2n) is 7.00. The fraction of sp³-hybridized carbons (Fsp3) is 0.273. The molecule has 0 fully saturated rings. The summed E-state index contributed by atoms with van der Waals surface area (Å²) in [6, 6.07) is 14.5. The Balaban J connectivity index is 1.72. The average molecular weight is 364 g/mol. The topological polar surface area (TPSA) is 58.6 Å². The molecular weight excluding hydrogens is 340 g/mol. The van der Waals surface area contributed by atoms with E-state index in [1.54, 1.807) is 30.2 Å². The predicted molar refractivity (Wildman–Crippen MR) is 107 cm³/mol. The molecule has 0 spiro atoms. The highest BCUT2D eigenvalue weighted by molar-refractivity contribution is 6.09. The van der Waals surface area contributed by atoms with Crippen molar-refractivity contribution >= 4 is 23.6 Å². The molecule has 1 aliphatic rings. The van der Waals surface area contributed by atoms with E-state index in [-0.39, 0.29) is 17.6 Å². The number of likely N-dealkylation sites (N-methyl/N-ethyl adjacent to an activating group) is 1. The summed E-state index contributed by atoms with van der Waals surface area (Å²) in [5, 5.41) is 2.92. The molecule has 0 aliphatic carbocycles. The van der Waals surface area contributed by atoms with Crippen molar-refractivity contribution < 1.29 is 14.3 Å². The fourth-order valence-corrected chi connectivity index (χ4v) is 2.81. The summed E-state index contributed by atoms with van der Waals surface area (Å²) in [5.74, 6) is 1.16. The quantitative estimate of drug-likeness (QED) is 0.820. The number of anilines is 1. The zero-order valence-electron chi connectivity index (χ0n) is 15.9. The van der Waals surface area contributed by atoms with Crippen molar-refractivity contribution in [3.8, 4) is 5.75 Å². The van der Waals surface area contributed by atoms with Gasteiger partial charge in [0.25, 0.3) is 11.8 Å². The number of nitrogens with one attached hydrogen (secondary N) is 1. The van der Waals surface area contributed by atoms with E-state index in [4.69, 9.17) is 4.74 Å². The Morgan fingerprint density at radius 1 is 1.15 bits per heavy atom. The molecule has 0 radical (unpaired) electrons. The first-order chi connectivity index (χ1) is 13.0. The number of ether oxygens (including phenoxy) is 1. The van der Waals surface area contributed by atoms with Crippen LogP contribution in [0.2, 0.25) is 0 Å². The second kappa shape index (κ2) is 8.08. The van der Waals surface area contributed by atoms with E-state index in [9.17, 15) is 9.59 Å². The van der Waals surface area contributed by atoms with E-state index < -0.39 is 0 Å². The van der Waals surface area contributed by atoms with Crippen LogP contribution in [0, 0.1) is 5.92 Å².